The molecule has 2 N–H and O–H groups in total. The van der Waals surface area contributed by atoms with E-state index < -0.39 is 0 Å². The summed E-state index contributed by atoms with van der Waals surface area (Å²) >= 11 is 3.39. The molecule has 0 bridgehead atoms. The van der Waals surface area contributed by atoms with E-state index in [1.54, 1.807) is 6.20 Å². The van der Waals surface area contributed by atoms with Gasteiger partial charge in [0, 0.05) is 27.8 Å². The minimum atomic E-state index is -0.372. The Labute approximate surface area is 119 Å². The lowest BCUT2D eigenvalue weighted by molar-refractivity contribution is 0.300. The number of hydrogen-bond acceptors (Lipinski definition) is 3. The van der Waals surface area contributed by atoms with Gasteiger partial charge in [0.1, 0.15) is 18.2 Å². The molecule has 1 aromatic carbocycles. The van der Waals surface area contributed by atoms with Gasteiger partial charge in [-0.1, -0.05) is 22.0 Å². The Morgan fingerprint density at radius 3 is 2.84 bits per heavy atom. The van der Waals surface area contributed by atoms with Crippen LogP contribution in [0.25, 0.3) is 0 Å². The number of nitrogens with zero attached hydrogens (tertiary/aromatic N) is 1. The fraction of sp³-hybridized carbons (Fsp3) is 0.214. The molecule has 0 aliphatic heterocycles. The van der Waals surface area contributed by atoms with E-state index in [9.17, 15) is 4.39 Å². The van der Waals surface area contributed by atoms with Crippen LogP contribution in [0.2, 0.25) is 0 Å². The third-order valence-electron chi connectivity index (χ3n) is 2.62. The van der Waals surface area contributed by atoms with Crippen LogP contribution in [0.15, 0.2) is 41.1 Å². The number of pyridine rings is 1. The van der Waals surface area contributed by atoms with E-state index in [0.29, 0.717) is 11.3 Å². The summed E-state index contributed by atoms with van der Waals surface area (Å²) in [5.41, 5.74) is 7.48. The van der Waals surface area contributed by atoms with Gasteiger partial charge in [-0.3, -0.25) is 4.98 Å². The third-order valence-corrected chi connectivity index (χ3v) is 3.12. The summed E-state index contributed by atoms with van der Waals surface area (Å²) in [6, 6.07) is 6.94. The van der Waals surface area contributed by atoms with Gasteiger partial charge in [-0.25, -0.2) is 4.39 Å². The molecule has 0 aliphatic carbocycles. The lowest BCUT2D eigenvalue weighted by Crippen LogP contribution is -2.08. The van der Waals surface area contributed by atoms with Crippen molar-refractivity contribution in [3.63, 3.8) is 0 Å². The highest BCUT2D eigenvalue weighted by molar-refractivity contribution is 9.10. The van der Waals surface area contributed by atoms with Gasteiger partial charge in [-0.15, -0.1) is 0 Å². The van der Waals surface area contributed by atoms with Crippen LogP contribution in [0.1, 0.15) is 24.1 Å². The van der Waals surface area contributed by atoms with E-state index in [1.807, 2.05) is 25.1 Å². The highest BCUT2D eigenvalue weighted by Gasteiger charge is 2.09. The number of benzene rings is 1. The van der Waals surface area contributed by atoms with Crippen molar-refractivity contribution in [2.45, 2.75) is 19.6 Å². The largest absolute Gasteiger partial charge is 0.488 e. The van der Waals surface area contributed by atoms with Gasteiger partial charge in [0.15, 0.2) is 0 Å². The summed E-state index contributed by atoms with van der Waals surface area (Å²) in [6.07, 6.45) is 2.74. The smallest absolute Gasteiger partial charge is 0.141 e. The summed E-state index contributed by atoms with van der Waals surface area (Å²) in [7, 11) is 0. The standard InChI is InChI=1S/C14H14BrFN2O/c1-9(17)13-3-2-11(15)5-14(13)19-8-10-4-12(16)7-18-6-10/h2-7,9H,8,17H2,1H3/t9-/m0/s1. The van der Waals surface area contributed by atoms with Crippen LogP contribution in [-0.2, 0) is 6.61 Å². The summed E-state index contributed by atoms with van der Waals surface area (Å²) < 4.78 is 19.6. The van der Waals surface area contributed by atoms with E-state index in [1.165, 1.54) is 6.07 Å². The number of rotatable bonds is 4. The van der Waals surface area contributed by atoms with Gasteiger partial charge in [-0.2, -0.15) is 0 Å². The molecule has 0 saturated heterocycles. The number of halogens is 2. The van der Waals surface area contributed by atoms with Gasteiger partial charge in [0.05, 0.1) is 6.20 Å². The molecule has 2 rings (SSSR count). The molecular formula is C14H14BrFN2O. The van der Waals surface area contributed by atoms with Crippen LogP contribution in [0, 0.1) is 5.82 Å². The predicted octanol–water partition coefficient (Wildman–Crippen LogP) is 3.58. The fourth-order valence-corrected chi connectivity index (χ4v) is 2.05. The van der Waals surface area contributed by atoms with E-state index in [2.05, 4.69) is 20.9 Å². The number of ether oxygens (including phenoxy) is 1. The van der Waals surface area contributed by atoms with Crippen LogP contribution in [0.3, 0.4) is 0 Å². The Morgan fingerprint density at radius 2 is 2.16 bits per heavy atom. The SMILES string of the molecule is C[C@H](N)c1ccc(Br)cc1OCc1cncc(F)c1. The predicted molar refractivity (Wildman–Crippen MR) is 75.3 cm³/mol. The fourth-order valence-electron chi connectivity index (χ4n) is 1.71. The number of hydrogen-bond donors (Lipinski definition) is 1. The second-order valence-electron chi connectivity index (χ2n) is 4.27. The van der Waals surface area contributed by atoms with Crippen LogP contribution in [0.5, 0.6) is 5.75 Å². The first kappa shape index (κ1) is 14.0. The minimum Gasteiger partial charge on any atom is -0.488 e. The summed E-state index contributed by atoms with van der Waals surface area (Å²) in [4.78, 5) is 3.78. The number of aromatic nitrogens is 1. The first-order valence-electron chi connectivity index (χ1n) is 5.83. The minimum absolute atomic E-state index is 0.131. The van der Waals surface area contributed by atoms with Gasteiger partial charge >= 0.3 is 0 Å². The van der Waals surface area contributed by atoms with Gasteiger partial charge in [-0.05, 0) is 25.1 Å². The normalized spacial score (nSPS) is 12.2. The van der Waals surface area contributed by atoms with Crippen LogP contribution in [-0.4, -0.2) is 4.98 Å². The molecule has 3 nitrogen and oxygen atoms in total. The van der Waals surface area contributed by atoms with Crippen molar-refractivity contribution >= 4 is 15.9 Å². The van der Waals surface area contributed by atoms with Crippen molar-refractivity contribution in [2.24, 2.45) is 5.73 Å². The molecule has 0 fully saturated rings. The van der Waals surface area contributed by atoms with Gasteiger partial charge in [0.25, 0.3) is 0 Å². The zero-order valence-electron chi connectivity index (χ0n) is 10.4. The van der Waals surface area contributed by atoms with Gasteiger partial charge < -0.3 is 10.5 Å². The van der Waals surface area contributed by atoms with Crippen LogP contribution >= 0.6 is 15.9 Å². The Morgan fingerprint density at radius 1 is 1.37 bits per heavy atom. The Kier molecular flexibility index (Phi) is 4.50. The molecule has 5 heteroatoms. The first-order chi connectivity index (χ1) is 9.06. The third kappa shape index (κ3) is 3.75. The molecule has 1 heterocycles. The Bertz CT molecular complexity index is 575. The summed E-state index contributed by atoms with van der Waals surface area (Å²) in [5.74, 6) is 0.316. The monoisotopic (exact) mass is 324 g/mol. The second-order valence-corrected chi connectivity index (χ2v) is 5.19. The first-order valence-corrected chi connectivity index (χ1v) is 6.63. The molecule has 0 radical (unpaired) electrons. The molecule has 2 aromatic rings. The molecule has 0 saturated carbocycles. The molecule has 1 aromatic heterocycles. The summed E-state index contributed by atoms with van der Waals surface area (Å²) in [5, 5.41) is 0. The molecule has 0 unspecified atom stereocenters. The maximum Gasteiger partial charge on any atom is 0.141 e. The highest BCUT2D eigenvalue weighted by Crippen LogP contribution is 2.28. The van der Waals surface area contributed by atoms with Crippen molar-refractivity contribution in [3.8, 4) is 5.75 Å². The van der Waals surface area contributed by atoms with Crippen molar-refractivity contribution in [2.75, 3.05) is 0 Å². The van der Waals surface area contributed by atoms with Crippen molar-refractivity contribution in [1.29, 1.82) is 0 Å². The lowest BCUT2D eigenvalue weighted by Gasteiger charge is -2.14. The highest BCUT2D eigenvalue weighted by atomic mass is 79.9. The van der Waals surface area contributed by atoms with Crippen LogP contribution < -0.4 is 10.5 Å². The van der Waals surface area contributed by atoms with Crippen LogP contribution in [0.4, 0.5) is 4.39 Å². The average molecular weight is 325 g/mol. The molecule has 1 atom stereocenters. The topological polar surface area (TPSA) is 48.1 Å². The average Bonchev–Trinajstić information content (AvgIpc) is 2.36. The zero-order valence-corrected chi connectivity index (χ0v) is 12.0. The second kappa shape index (κ2) is 6.12. The molecule has 100 valence electrons. The molecular weight excluding hydrogens is 311 g/mol. The van der Waals surface area contributed by atoms with E-state index in [4.69, 9.17) is 10.5 Å². The lowest BCUT2D eigenvalue weighted by atomic mass is 10.1. The quantitative estimate of drug-likeness (QED) is 0.935. The van der Waals surface area contributed by atoms with Crippen molar-refractivity contribution < 1.29 is 9.13 Å². The molecule has 0 amide bonds. The Hall–Kier alpha value is -1.46. The molecule has 0 aliphatic rings. The molecule has 0 spiro atoms. The number of nitrogens with two attached hydrogens (primary N) is 1. The van der Waals surface area contributed by atoms with Crippen molar-refractivity contribution in [3.05, 3.63) is 58.1 Å². The zero-order chi connectivity index (χ0) is 13.8. The molecule has 19 heavy (non-hydrogen) atoms. The van der Waals surface area contributed by atoms with E-state index in [0.717, 1.165) is 16.2 Å². The van der Waals surface area contributed by atoms with E-state index in [-0.39, 0.29) is 18.5 Å². The maximum atomic E-state index is 13.0. The maximum absolute atomic E-state index is 13.0. The Balaban J connectivity index is 2.17. The van der Waals surface area contributed by atoms with Gasteiger partial charge in [0.2, 0.25) is 0 Å². The van der Waals surface area contributed by atoms with Crippen molar-refractivity contribution in [1.82, 2.24) is 4.98 Å². The van der Waals surface area contributed by atoms with E-state index >= 15 is 0 Å². The summed E-state index contributed by atoms with van der Waals surface area (Å²) in [6.45, 7) is 2.14.